The van der Waals surface area contributed by atoms with E-state index in [4.69, 9.17) is 4.74 Å². The number of aromatic nitrogens is 2. The molecule has 2 heterocycles. The number of carbonyl (C=O) groups is 1. The number of amides is 1. The first-order chi connectivity index (χ1) is 17.3. The van der Waals surface area contributed by atoms with Crippen molar-refractivity contribution in [2.24, 2.45) is 5.92 Å². The molecule has 2 aromatic carbocycles. The highest BCUT2D eigenvalue weighted by atomic mass is 19.2. The number of benzene rings is 2. The molecule has 1 fully saturated rings. The highest BCUT2D eigenvalue weighted by Gasteiger charge is 2.20. The molecule has 36 heavy (non-hydrogen) atoms. The number of rotatable bonds is 8. The second-order valence-corrected chi connectivity index (χ2v) is 8.71. The fourth-order valence-electron chi connectivity index (χ4n) is 4.07. The van der Waals surface area contributed by atoms with Crippen molar-refractivity contribution in [3.05, 3.63) is 71.7 Å². The van der Waals surface area contributed by atoms with Crippen LogP contribution in [-0.2, 0) is 6.54 Å². The van der Waals surface area contributed by atoms with E-state index in [0.29, 0.717) is 18.2 Å². The smallest absolute Gasteiger partial charge is 0.413 e. The topological polar surface area (TPSA) is 90.8 Å². The lowest BCUT2D eigenvalue weighted by Gasteiger charge is -2.29. The largest absolute Gasteiger partial charge is 0.490 e. The Morgan fingerprint density at radius 1 is 1.17 bits per heavy atom. The van der Waals surface area contributed by atoms with Gasteiger partial charge in [0.25, 0.3) is 0 Å². The van der Waals surface area contributed by atoms with Crippen LogP contribution in [0.1, 0.15) is 18.4 Å². The Kier molecular flexibility index (Phi) is 7.89. The van der Waals surface area contributed by atoms with E-state index in [1.165, 1.54) is 30.5 Å². The van der Waals surface area contributed by atoms with Crippen LogP contribution in [0.25, 0.3) is 0 Å². The molecule has 1 aromatic heterocycles. The molecule has 2 N–H and O–H groups in total. The Morgan fingerprint density at radius 3 is 2.72 bits per heavy atom. The van der Waals surface area contributed by atoms with Crippen LogP contribution >= 0.6 is 0 Å². The van der Waals surface area contributed by atoms with E-state index in [1.807, 2.05) is 0 Å². The normalized spacial score (nSPS) is 15.9. The number of halogens is 3. The average molecular weight is 502 g/mol. The van der Waals surface area contributed by atoms with Crippen molar-refractivity contribution in [2.45, 2.75) is 19.4 Å². The molecular formula is C25H26F3N5O3. The van der Waals surface area contributed by atoms with E-state index >= 15 is 0 Å². The molecule has 1 aliphatic heterocycles. The minimum atomic E-state index is -1.35. The Balaban J connectivity index is 1.43. The summed E-state index contributed by atoms with van der Waals surface area (Å²) in [5, 5.41) is 12.5. The SMILES string of the molecule is CN1CCCC(COc2ccc(Nc3nccc(N(Cc4ccc(F)c(F)c4)C(=O)O)n3)cc2F)C1. The molecule has 4 rings (SSSR count). The second kappa shape index (κ2) is 11.3. The van der Waals surface area contributed by atoms with Gasteiger partial charge in [0, 0.05) is 30.4 Å². The summed E-state index contributed by atoms with van der Waals surface area (Å²) in [7, 11) is 2.06. The molecule has 11 heteroatoms. The number of ether oxygens (including phenoxy) is 1. The molecule has 0 spiro atoms. The van der Waals surface area contributed by atoms with Gasteiger partial charge in [-0.1, -0.05) is 6.07 Å². The van der Waals surface area contributed by atoms with Gasteiger partial charge in [0.2, 0.25) is 5.95 Å². The Hall–Kier alpha value is -3.86. The quantitative estimate of drug-likeness (QED) is 0.447. The highest BCUT2D eigenvalue weighted by Crippen LogP contribution is 2.25. The number of hydrogen-bond acceptors (Lipinski definition) is 6. The molecule has 190 valence electrons. The van der Waals surface area contributed by atoms with Crippen LogP contribution in [0.5, 0.6) is 5.75 Å². The summed E-state index contributed by atoms with van der Waals surface area (Å²) in [6.45, 7) is 2.14. The molecule has 0 bridgehead atoms. The van der Waals surface area contributed by atoms with Crippen LogP contribution in [0.15, 0.2) is 48.7 Å². The summed E-state index contributed by atoms with van der Waals surface area (Å²) in [6, 6.07) is 8.86. The molecular weight excluding hydrogens is 475 g/mol. The number of likely N-dealkylation sites (tertiary alicyclic amines) is 1. The Bertz CT molecular complexity index is 1230. The average Bonchev–Trinajstić information content (AvgIpc) is 2.84. The summed E-state index contributed by atoms with van der Waals surface area (Å²) in [6.07, 6.45) is 2.12. The van der Waals surface area contributed by atoms with Gasteiger partial charge in [-0.25, -0.2) is 22.9 Å². The molecule has 0 radical (unpaired) electrons. The van der Waals surface area contributed by atoms with Crippen LogP contribution in [0.3, 0.4) is 0 Å². The maximum Gasteiger partial charge on any atom is 0.413 e. The molecule has 3 aromatic rings. The van der Waals surface area contributed by atoms with Crippen LogP contribution in [0.2, 0.25) is 0 Å². The zero-order valence-corrected chi connectivity index (χ0v) is 19.6. The second-order valence-electron chi connectivity index (χ2n) is 8.71. The first kappa shape index (κ1) is 25.2. The van der Waals surface area contributed by atoms with E-state index in [9.17, 15) is 23.1 Å². The number of hydrogen-bond donors (Lipinski definition) is 2. The first-order valence-corrected chi connectivity index (χ1v) is 11.4. The maximum atomic E-state index is 14.6. The van der Waals surface area contributed by atoms with Crippen molar-refractivity contribution in [2.75, 3.05) is 37.0 Å². The van der Waals surface area contributed by atoms with Crippen LogP contribution in [0.4, 0.5) is 35.4 Å². The third-order valence-electron chi connectivity index (χ3n) is 5.86. The molecule has 1 atom stereocenters. The standard InChI is InChI=1S/C25H26F3N5O3/c1-32-10-2-3-17(13-32)15-36-22-7-5-18(12-21(22)28)30-24-29-9-8-23(31-24)33(25(34)35)14-16-4-6-19(26)20(27)11-16/h4-9,11-12,17H,2-3,10,13-15H2,1H3,(H,34,35)(H,29,30,31). The fourth-order valence-corrected chi connectivity index (χ4v) is 4.07. The van der Waals surface area contributed by atoms with Crippen molar-refractivity contribution in [3.63, 3.8) is 0 Å². The molecule has 1 amide bonds. The third-order valence-corrected chi connectivity index (χ3v) is 5.86. The zero-order chi connectivity index (χ0) is 25.7. The monoisotopic (exact) mass is 501 g/mol. The number of anilines is 3. The summed E-state index contributed by atoms with van der Waals surface area (Å²) in [5.41, 5.74) is 0.582. The van der Waals surface area contributed by atoms with Gasteiger partial charge in [-0.15, -0.1) is 0 Å². The van der Waals surface area contributed by atoms with Crippen LogP contribution in [-0.4, -0.2) is 52.8 Å². The van der Waals surface area contributed by atoms with E-state index in [0.717, 1.165) is 43.0 Å². The first-order valence-electron chi connectivity index (χ1n) is 11.4. The summed E-state index contributed by atoms with van der Waals surface area (Å²) in [4.78, 5) is 23.1. The van der Waals surface area contributed by atoms with E-state index < -0.39 is 23.5 Å². The number of carboxylic acid groups (broad SMARTS) is 1. The van der Waals surface area contributed by atoms with Gasteiger partial charge in [-0.2, -0.15) is 4.98 Å². The van der Waals surface area contributed by atoms with E-state index in [-0.39, 0.29) is 29.6 Å². The van der Waals surface area contributed by atoms with Gasteiger partial charge in [-0.3, -0.25) is 4.90 Å². The lowest BCUT2D eigenvalue weighted by Crippen LogP contribution is -2.34. The molecule has 0 saturated carbocycles. The predicted molar refractivity (Wildman–Crippen MR) is 128 cm³/mol. The minimum absolute atomic E-state index is 0.00242. The van der Waals surface area contributed by atoms with Crippen LogP contribution in [0, 0.1) is 23.4 Å². The van der Waals surface area contributed by atoms with Gasteiger partial charge in [0.05, 0.1) is 13.2 Å². The van der Waals surface area contributed by atoms with Crippen molar-refractivity contribution in [1.82, 2.24) is 14.9 Å². The molecule has 1 saturated heterocycles. The lowest BCUT2D eigenvalue weighted by atomic mass is 10.00. The highest BCUT2D eigenvalue weighted by molar-refractivity contribution is 5.84. The zero-order valence-electron chi connectivity index (χ0n) is 19.6. The summed E-state index contributed by atoms with van der Waals surface area (Å²) >= 11 is 0. The van der Waals surface area contributed by atoms with E-state index in [1.54, 1.807) is 6.07 Å². The number of piperidine rings is 1. The Labute approximate surface area is 206 Å². The van der Waals surface area contributed by atoms with Gasteiger partial charge in [-0.05, 0) is 62.3 Å². The summed E-state index contributed by atoms with van der Waals surface area (Å²) < 4.78 is 47.1. The third kappa shape index (κ3) is 6.42. The van der Waals surface area contributed by atoms with Crippen LogP contribution < -0.4 is 15.0 Å². The molecule has 8 nitrogen and oxygen atoms in total. The lowest BCUT2D eigenvalue weighted by molar-refractivity contribution is 0.147. The molecule has 0 aliphatic carbocycles. The van der Waals surface area contributed by atoms with E-state index in [2.05, 4.69) is 27.2 Å². The molecule has 1 unspecified atom stereocenters. The number of nitrogens with zero attached hydrogens (tertiary/aromatic N) is 4. The van der Waals surface area contributed by atoms with Crippen molar-refractivity contribution >= 4 is 23.5 Å². The van der Waals surface area contributed by atoms with Crippen molar-refractivity contribution in [3.8, 4) is 5.75 Å². The van der Waals surface area contributed by atoms with Gasteiger partial charge in [0.15, 0.2) is 23.2 Å². The maximum absolute atomic E-state index is 14.6. The number of nitrogens with one attached hydrogen (secondary N) is 1. The van der Waals surface area contributed by atoms with Crippen molar-refractivity contribution in [1.29, 1.82) is 0 Å². The van der Waals surface area contributed by atoms with Gasteiger partial charge >= 0.3 is 6.09 Å². The van der Waals surface area contributed by atoms with Gasteiger partial charge < -0.3 is 20.1 Å². The summed E-state index contributed by atoms with van der Waals surface area (Å²) in [5.74, 6) is -2.13. The van der Waals surface area contributed by atoms with Crippen molar-refractivity contribution < 1.29 is 27.8 Å². The molecule has 1 aliphatic rings. The van der Waals surface area contributed by atoms with Gasteiger partial charge in [0.1, 0.15) is 5.82 Å². The Morgan fingerprint density at radius 2 is 2.00 bits per heavy atom. The fraction of sp³-hybridized carbons (Fsp3) is 0.320. The predicted octanol–water partition coefficient (Wildman–Crippen LogP) is 5.04. The minimum Gasteiger partial charge on any atom is -0.490 e.